The molecule has 1 aliphatic rings. The van der Waals surface area contributed by atoms with Crippen LogP contribution in [0.5, 0.6) is 0 Å². The number of rotatable bonds is 11. The molecule has 0 saturated heterocycles. The zero-order chi connectivity index (χ0) is 14.0. The fourth-order valence-electron chi connectivity index (χ4n) is 2.42. The Morgan fingerprint density at radius 3 is 2.00 bits per heavy atom. The summed E-state index contributed by atoms with van der Waals surface area (Å²) in [5.74, 6) is 0. The molecule has 0 aliphatic carbocycles. The van der Waals surface area contributed by atoms with Crippen LogP contribution in [0.4, 0.5) is 4.79 Å². The summed E-state index contributed by atoms with van der Waals surface area (Å²) in [5, 5.41) is 14.3. The maximum absolute atomic E-state index is 11.9. The number of quaternary nitrogens is 1. The third-order valence-electron chi connectivity index (χ3n) is 3.71. The molecule has 1 aliphatic heterocycles. The lowest BCUT2D eigenvalue weighted by Gasteiger charge is -2.31. The van der Waals surface area contributed by atoms with Gasteiger partial charge >= 0.3 is 6.03 Å². The second-order valence-electron chi connectivity index (χ2n) is 5.47. The van der Waals surface area contributed by atoms with Crippen molar-refractivity contribution in [2.24, 2.45) is 0 Å². The van der Waals surface area contributed by atoms with Crippen molar-refractivity contribution >= 4 is 6.03 Å². The molecule has 4 nitrogen and oxygen atoms in total. The summed E-state index contributed by atoms with van der Waals surface area (Å²) in [6.45, 7) is 2.61. The third kappa shape index (κ3) is 6.21. The molecule has 0 radical (unpaired) electrons. The zero-order valence-corrected chi connectivity index (χ0v) is 12.2. The topological polar surface area (TPSA) is 52.2 Å². The number of hydrogen-bond donors (Lipinski definition) is 1. The fourth-order valence-corrected chi connectivity index (χ4v) is 2.42. The summed E-state index contributed by atoms with van der Waals surface area (Å²) in [4.78, 5) is 11.3. The minimum atomic E-state index is -0.822. The molecule has 0 aromatic carbocycles. The summed E-state index contributed by atoms with van der Waals surface area (Å²) in [5.41, 5.74) is 0. The molecular weight excluding hydrogens is 240 g/mol. The average Bonchev–Trinajstić information content (AvgIpc) is 2.72. The van der Waals surface area contributed by atoms with Gasteiger partial charge in [0.2, 0.25) is 0 Å². The summed E-state index contributed by atoms with van der Waals surface area (Å²) in [7, 11) is 0. The van der Waals surface area contributed by atoms with Crippen LogP contribution < -0.4 is 5.32 Å². The van der Waals surface area contributed by atoms with E-state index in [1.165, 1.54) is 63.8 Å². The van der Waals surface area contributed by atoms with Gasteiger partial charge in [0.05, 0.1) is 12.7 Å². The van der Waals surface area contributed by atoms with Gasteiger partial charge in [0, 0.05) is 0 Å². The van der Waals surface area contributed by atoms with Crippen molar-refractivity contribution in [3.05, 3.63) is 17.6 Å². The number of amides is 2. The van der Waals surface area contributed by atoms with E-state index in [9.17, 15) is 10.0 Å². The number of unbranched alkanes of at least 4 members (excludes halogenated alkanes) is 9. The molecule has 0 bridgehead atoms. The highest BCUT2D eigenvalue weighted by molar-refractivity contribution is 5.70. The number of nitrogens with zero attached hydrogens (tertiary/aromatic N) is 1. The van der Waals surface area contributed by atoms with Gasteiger partial charge in [-0.3, -0.25) is 5.32 Å². The quantitative estimate of drug-likeness (QED) is 0.342. The van der Waals surface area contributed by atoms with Crippen LogP contribution in [0.15, 0.2) is 12.4 Å². The lowest BCUT2D eigenvalue weighted by molar-refractivity contribution is -0.739. The largest absolute Gasteiger partial charge is 0.619 e. The molecule has 1 unspecified atom stereocenters. The Balaban J connectivity index is 1.89. The van der Waals surface area contributed by atoms with Crippen molar-refractivity contribution < 1.29 is 9.44 Å². The number of urea groups is 1. The molecule has 1 rings (SSSR count). The van der Waals surface area contributed by atoms with E-state index in [2.05, 4.69) is 12.2 Å². The fraction of sp³-hybridized carbons (Fsp3) is 0.800. The van der Waals surface area contributed by atoms with E-state index < -0.39 is 10.7 Å². The monoisotopic (exact) mass is 268 g/mol. The Labute approximate surface area is 117 Å². The van der Waals surface area contributed by atoms with Crippen molar-refractivity contribution in [2.75, 3.05) is 6.54 Å². The zero-order valence-electron chi connectivity index (χ0n) is 12.2. The van der Waals surface area contributed by atoms with Gasteiger partial charge in [-0.2, -0.15) is 0 Å². The van der Waals surface area contributed by atoms with E-state index in [1.54, 1.807) is 0 Å². The van der Waals surface area contributed by atoms with Crippen molar-refractivity contribution in [1.82, 2.24) is 5.32 Å². The van der Waals surface area contributed by atoms with E-state index in [4.69, 9.17) is 0 Å². The number of carbonyl (C=O) groups is 1. The highest BCUT2D eigenvalue weighted by Gasteiger charge is 2.28. The molecule has 1 atom stereocenters. The molecule has 110 valence electrons. The van der Waals surface area contributed by atoms with Gasteiger partial charge in [0.25, 0.3) is 0 Å². The predicted molar refractivity (Wildman–Crippen MR) is 78.0 cm³/mol. The molecular formula is C15H28N2O2. The molecule has 0 aromatic heterocycles. The first-order valence-corrected chi connectivity index (χ1v) is 7.76. The van der Waals surface area contributed by atoms with Crippen LogP contribution in [0.3, 0.4) is 0 Å². The second-order valence-corrected chi connectivity index (χ2v) is 5.47. The maximum Gasteiger partial charge on any atom is 0.425 e. The van der Waals surface area contributed by atoms with Gasteiger partial charge in [-0.25, -0.2) is 9.44 Å². The molecule has 1 N–H and O–H groups in total. The minimum Gasteiger partial charge on any atom is -0.619 e. The van der Waals surface area contributed by atoms with Crippen LogP contribution in [-0.4, -0.2) is 17.2 Å². The van der Waals surface area contributed by atoms with Gasteiger partial charge in [0.15, 0.2) is 0 Å². The van der Waals surface area contributed by atoms with E-state index >= 15 is 0 Å². The summed E-state index contributed by atoms with van der Waals surface area (Å²) in [6, 6.07) is -0.448. The molecule has 0 spiro atoms. The van der Waals surface area contributed by atoms with Gasteiger partial charge in [-0.05, 0) is 12.8 Å². The van der Waals surface area contributed by atoms with E-state index in [0.717, 1.165) is 12.8 Å². The normalized spacial score (nSPS) is 21.9. The Bertz CT molecular complexity index is 292. The summed E-state index contributed by atoms with van der Waals surface area (Å²) < 4.78 is -0.822. The van der Waals surface area contributed by atoms with Crippen LogP contribution >= 0.6 is 0 Å². The molecule has 19 heavy (non-hydrogen) atoms. The van der Waals surface area contributed by atoms with Crippen molar-refractivity contribution in [3.8, 4) is 0 Å². The molecule has 4 heteroatoms. The minimum absolute atomic E-state index is 0.374. The second kappa shape index (κ2) is 9.10. The Hall–Kier alpha value is -0.870. The first-order chi connectivity index (χ1) is 9.19. The maximum atomic E-state index is 11.9. The number of hydroxylamine groups is 3. The highest BCUT2D eigenvalue weighted by atomic mass is 16.6. The average molecular weight is 268 g/mol. The summed E-state index contributed by atoms with van der Waals surface area (Å²) >= 11 is 0. The number of hydrogen-bond acceptors (Lipinski definition) is 2. The molecule has 2 amide bonds. The number of nitrogens with one attached hydrogen (secondary N) is 1. The van der Waals surface area contributed by atoms with Gasteiger partial charge in [-0.1, -0.05) is 58.3 Å². The molecule has 0 saturated carbocycles. The predicted octanol–water partition coefficient (Wildman–Crippen LogP) is 4.42. The third-order valence-corrected chi connectivity index (χ3v) is 3.71. The first-order valence-electron chi connectivity index (χ1n) is 7.76. The van der Waals surface area contributed by atoms with Gasteiger partial charge in [0.1, 0.15) is 6.20 Å². The molecule has 0 fully saturated rings. The first kappa shape index (κ1) is 16.2. The van der Waals surface area contributed by atoms with Gasteiger partial charge < -0.3 is 5.21 Å². The van der Waals surface area contributed by atoms with E-state index in [-0.39, 0.29) is 0 Å². The Kier molecular flexibility index (Phi) is 7.75. The molecule has 0 aromatic rings. The van der Waals surface area contributed by atoms with Crippen molar-refractivity contribution in [1.29, 1.82) is 0 Å². The van der Waals surface area contributed by atoms with Crippen molar-refractivity contribution in [3.63, 3.8) is 0 Å². The van der Waals surface area contributed by atoms with E-state index in [0.29, 0.717) is 6.54 Å². The SMILES string of the molecule is CCCCCCCCCCCC[N+]1([O-])C=CNC1=O. The molecule has 1 heterocycles. The lowest BCUT2D eigenvalue weighted by atomic mass is 10.1. The van der Waals surface area contributed by atoms with Crippen LogP contribution in [0.25, 0.3) is 0 Å². The van der Waals surface area contributed by atoms with Gasteiger partial charge in [-0.15, -0.1) is 0 Å². The highest BCUT2D eigenvalue weighted by Crippen LogP contribution is 2.15. The van der Waals surface area contributed by atoms with Crippen LogP contribution in [0, 0.1) is 5.21 Å². The van der Waals surface area contributed by atoms with Crippen LogP contribution in [0.2, 0.25) is 0 Å². The van der Waals surface area contributed by atoms with Crippen molar-refractivity contribution in [2.45, 2.75) is 71.1 Å². The Morgan fingerprint density at radius 1 is 1.00 bits per heavy atom. The van der Waals surface area contributed by atoms with Crippen LogP contribution in [0.1, 0.15) is 71.1 Å². The number of carbonyl (C=O) groups excluding carboxylic acids is 1. The standard InChI is InChI=1S/C15H28N2O2/c1-2-3-4-5-6-7-8-9-10-11-13-17(19)14-12-16-15(17)18/h12,14H,2-11,13H2,1H3,(H,16,18). The smallest absolute Gasteiger partial charge is 0.425 e. The Morgan fingerprint density at radius 2 is 1.53 bits per heavy atom. The van der Waals surface area contributed by atoms with E-state index in [1.807, 2.05) is 0 Å². The lowest BCUT2D eigenvalue weighted by Crippen LogP contribution is -2.43. The van der Waals surface area contributed by atoms with Crippen LogP contribution in [-0.2, 0) is 0 Å². The summed E-state index contributed by atoms with van der Waals surface area (Å²) in [6.07, 6.45) is 15.2.